The molecule has 0 bridgehead atoms. The Bertz CT molecular complexity index is 281. The van der Waals surface area contributed by atoms with E-state index < -0.39 is 0 Å². The lowest BCUT2D eigenvalue weighted by Crippen LogP contribution is -2.20. The van der Waals surface area contributed by atoms with Crippen molar-refractivity contribution in [2.75, 3.05) is 0 Å². The Kier molecular flexibility index (Phi) is 3.13. The van der Waals surface area contributed by atoms with Crippen molar-refractivity contribution in [3.8, 4) is 12.3 Å². The summed E-state index contributed by atoms with van der Waals surface area (Å²) in [7, 11) is 0. The molecule has 13 heavy (non-hydrogen) atoms. The second-order valence-electron chi connectivity index (χ2n) is 3.38. The first kappa shape index (κ1) is 9.85. The van der Waals surface area contributed by atoms with E-state index in [9.17, 15) is 4.79 Å². The van der Waals surface area contributed by atoms with E-state index in [2.05, 4.69) is 5.92 Å². The number of hydrogen-bond donors (Lipinski definition) is 0. The highest BCUT2D eigenvalue weighted by molar-refractivity contribution is 5.66. The average Bonchev–Trinajstić information content (AvgIpc) is 2.07. The van der Waals surface area contributed by atoms with E-state index in [1.165, 1.54) is 12.5 Å². The van der Waals surface area contributed by atoms with Crippen molar-refractivity contribution in [1.29, 1.82) is 0 Å². The van der Waals surface area contributed by atoms with Crippen molar-refractivity contribution in [1.82, 2.24) is 0 Å². The molecule has 0 heterocycles. The standard InChI is InChI=1S/C11H14O2/c1-4-10-7-11(13-9(3)12)6-5-8(10)2/h1,11H,5-7H2,2-3H3/t11-/m1/s1. The molecule has 0 radical (unpaired) electrons. The molecule has 0 spiro atoms. The smallest absolute Gasteiger partial charge is 0.302 e. The van der Waals surface area contributed by atoms with Crippen molar-refractivity contribution < 1.29 is 9.53 Å². The first-order valence-corrected chi connectivity index (χ1v) is 4.46. The number of terminal acetylenes is 1. The number of allylic oxidation sites excluding steroid dienone is 1. The minimum atomic E-state index is -0.221. The van der Waals surface area contributed by atoms with Crippen LogP contribution in [0.2, 0.25) is 0 Å². The van der Waals surface area contributed by atoms with Gasteiger partial charge in [0.15, 0.2) is 0 Å². The van der Waals surface area contributed by atoms with E-state index in [1.807, 2.05) is 6.92 Å². The molecular formula is C11H14O2. The molecular weight excluding hydrogens is 164 g/mol. The summed E-state index contributed by atoms with van der Waals surface area (Å²) in [6, 6.07) is 0. The number of carbonyl (C=O) groups is 1. The summed E-state index contributed by atoms with van der Waals surface area (Å²) in [4.78, 5) is 10.7. The lowest BCUT2D eigenvalue weighted by molar-refractivity contribution is -0.146. The summed E-state index contributed by atoms with van der Waals surface area (Å²) in [6.45, 7) is 3.47. The van der Waals surface area contributed by atoms with Crippen LogP contribution in [0, 0.1) is 12.3 Å². The quantitative estimate of drug-likeness (QED) is 0.453. The van der Waals surface area contributed by atoms with Gasteiger partial charge >= 0.3 is 5.97 Å². The fourth-order valence-corrected chi connectivity index (χ4v) is 1.55. The normalized spacial score (nSPS) is 22.4. The molecule has 1 rings (SSSR count). The van der Waals surface area contributed by atoms with Crippen molar-refractivity contribution in [3.63, 3.8) is 0 Å². The van der Waals surface area contributed by atoms with Crippen LogP contribution in [-0.2, 0) is 9.53 Å². The van der Waals surface area contributed by atoms with Crippen LogP contribution in [0.15, 0.2) is 11.1 Å². The van der Waals surface area contributed by atoms with Crippen LogP contribution < -0.4 is 0 Å². The minimum absolute atomic E-state index is 0.00718. The van der Waals surface area contributed by atoms with Crippen LogP contribution in [0.25, 0.3) is 0 Å². The van der Waals surface area contributed by atoms with Gasteiger partial charge in [-0.25, -0.2) is 0 Å². The van der Waals surface area contributed by atoms with Crippen LogP contribution in [0.4, 0.5) is 0 Å². The van der Waals surface area contributed by atoms with Gasteiger partial charge in [-0.1, -0.05) is 11.5 Å². The third-order valence-electron chi connectivity index (χ3n) is 2.30. The van der Waals surface area contributed by atoms with E-state index in [0.29, 0.717) is 6.42 Å². The van der Waals surface area contributed by atoms with Gasteiger partial charge in [-0.2, -0.15) is 0 Å². The van der Waals surface area contributed by atoms with Crippen molar-refractivity contribution in [2.24, 2.45) is 0 Å². The van der Waals surface area contributed by atoms with Gasteiger partial charge in [-0.05, 0) is 19.8 Å². The summed E-state index contributed by atoms with van der Waals surface area (Å²) in [5.41, 5.74) is 2.25. The Morgan fingerprint density at radius 1 is 1.69 bits per heavy atom. The van der Waals surface area contributed by atoms with Gasteiger partial charge in [0.25, 0.3) is 0 Å². The molecule has 2 heteroatoms. The summed E-state index contributed by atoms with van der Waals surface area (Å²) >= 11 is 0. The average molecular weight is 178 g/mol. The molecule has 0 aliphatic heterocycles. The highest BCUT2D eigenvalue weighted by atomic mass is 16.5. The zero-order chi connectivity index (χ0) is 9.84. The Labute approximate surface area is 79.0 Å². The number of ether oxygens (including phenoxy) is 1. The van der Waals surface area contributed by atoms with Gasteiger partial charge in [0, 0.05) is 18.9 Å². The van der Waals surface area contributed by atoms with Gasteiger partial charge < -0.3 is 4.74 Å². The molecule has 1 atom stereocenters. The minimum Gasteiger partial charge on any atom is -0.462 e. The van der Waals surface area contributed by atoms with Crippen LogP contribution >= 0.6 is 0 Å². The van der Waals surface area contributed by atoms with E-state index in [-0.39, 0.29) is 12.1 Å². The molecule has 2 nitrogen and oxygen atoms in total. The Morgan fingerprint density at radius 2 is 2.38 bits per heavy atom. The summed E-state index contributed by atoms with van der Waals surface area (Å²) in [6.07, 6.45) is 7.88. The van der Waals surface area contributed by atoms with Gasteiger partial charge in [0.05, 0.1) is 0 Å². The van der Waals surface area contributed by atoms with Crippen molar-refractivity contribution in [3.05, 3.63) is 11.1 Å². The number of rotatable bonds is 1. The number of esters is 1. The van der Waals surface area contributed by atoms with E-state index in [4.69, 9.17) is 11.2 Å². The second-order valence-corrected chi connectivity index (χ2v) is 3.38. The van der Waals surface area contributed by atoms with Gasteiger partial charge in [-0.3, -0.25) is 4.79 Å². The second kappa shape index (κ2) is 4.13. The molecule has 0 aromatic carbocycles. The summed E-state index contributed by atoms with van der Waals surface area (Å²) in [5, 5.41) is 0. The first-order chi connectivity index (χ1) is 6.13. The maximum atomic E-state index is 10.7. The molecule has 1 aliphatic rings. The maximum Gasteiger partial charge on any atom is 0.302 e. The van der Waals surface area contributed by atoms with Gasteiger partial charge in [0.2, 0.25) is 0 Å². The highest BCUT2D eigenvalue weighted by Crippen LogP contribution is 2.26. The highest BCUT2D eigenvalue weighted by Gasteiger charge is 2.19. The lowest BCUT2D eigenvalue weighted by Gasteiger charge is -2.22. The molecule has 0 aromatic rings. The van der Waals surface area contributed by atoms with Gasteiger partial charge in [0.1, 0.15) is 6.10 Å². The number of carbonyl (C=O) groups excluding carboxylic acids is 1. The SMILES string of the molecule is C#CC1=C(C)CC[C@@H](OC(C)=O)C1. The third kappa shape index (κ3) is 2.62. The lowest BCUT2D eigenvalue weighted by atomic mass is 9.91. The Hall–Kier alpha value is -1.23. The van der Waals surface area contributed by atoms with Crippen LogP contribution in [0.5, 0.6) is 0 Å². The largest absolute Gasteiger partial charge is 0.462 e. The van der Waals surface area contributed by atoms with Crippen LogP contribution in [-0.4, -0.2) is 12.1 Å². The molecule has 0 N–H and O–H groups in total. The maximum absolute atomic E-state index is 10.7. The predicted octanol–water partition coefficient (Wildman–Crippen LogP) is 2.05. The number of hydrogen-bond acceptors (Lipinski definition) is 2. The molecule has 0 unspecified atom stereocenters. The zero-order valence-corrected chi connectivity index (χ0v) is 8.09. The van der Waals surface area contributed by atoms with E-state index in [0.717, 1.165) is 18.4 Å². The van der Waals surface area contributed by atoms with Crippen LogP contribution in [0.3, 0.4) is 0 Å². The Balaban J connectivity index is 2.61. The van der Waals surface area contributed by atoms with Crippen molar-refractivity contribution >= 4 is 5.97 Å². The Morgan fingerprint density at radius 3 is 2.92 bits per heavy atom. The summed E-state index contributed by atoms with van der Waals surface area (Å²) in [5.74, 6) is 2.42. The fraction of sp³-hybridized carbons (Fsp3) is 0.545. The van der Waals surface area contributed by atoms with Crippen LogP contribution in [0.1, 0.15) is 33.1 Å². The molecule has 0 fully saturated rings. The molecule has 0 saturated carbocycles. The first-order valence-electron chi connectivity index (χ1n) is 4.46. The summed E-state index contributed by atoms with van der Waals surface area (Å²) < 4.78 is 5.10. The molecule has 1 aliphatic carbocycles. The van der Waals surface area contributed by atoms with Gasteiger partial charge in [-0.15, -0.1) is 6.42 Å². The molecule has 70 valence electrons. The zero-order valence-electron chi connectivity index (χ0n) is 8.09. The van der Waals surface area contributed by atoms with E-state index >= 15 is 0 Å². The molecule has 0 aromatic heterocycles. The topological polar surface area (TPSA) is 26.3 Å². The van der Waals surface area contributed by atoms with E-state index in [1.54, 1.807) is 0 Å². The predicted molar refractivity (Wildman–Crippen MR) is 50.9 cm³/mol. The molecule has 0 amide bonds. The molecule has 0 saturated heterocycles. The third-order valence-corrected chi connectivity index (χ3v) is 2.30. The monoisotopic (exact) mass is 178 g/mol. The van der Waals surface area contributed by atoms with Crippen molar-refractivity contribution in [2.45, 2.75) is 39.2 Å². The fourth-order valence-electron chi connectivity index (χ4n) is 1.55.